The van der Waals surface area contributed by atoms with Gasteiger partial charge in [-0.25, -0.2) is 4.39 Å². The van der Waals surface area contributed by atoms with Crippen molar-refractivity contribution in [3.05, 3.63) is 30.1 Å². The first-order chi connectivity index (χ1) is 10.1. The fraction of sp³-hybridized carbons (Fsp3) is 0.467. The summed E-state index contributed by atoms with van der Waals surface area (Å²) in [5.41, 5.74) is 0. The van der Waals surface area contributed by atoms with E-state index in [-0.39, 0.29) is 11.7 Å². The zero-order valence-electron chi connectivity index (χ0n) is 11.6. The van der Waals surface area contributed by atoms with Crippen molar-refractivity contribution in [3.63, 3.8) is 0 Å². The predicted molar refractivity (Wildman–Crippen MR) is 73.5 cm³/mol. The van der Waals surface area contributed by atoms with Crippen LogP contribution in [0.2, 0.25) is 0 Å². The Labute approximate surface area is 122 Å². The van der Waals surface area contributed by atoms with Crippen LogP contribution >= 0.6 is 0 Å². The van der Waals surface area contributed by atoms with Crippen LogP contribution in [0.3, 0.4) is 0 Å². The molecular formula is C15H18FNO4. The van der Waals surface area contributed by atoms with Crippen LogP contribution in [0.5, 0.6) is 5.75 Å². The van der Waals surface area contributed by atoms with Crippen molar-refractivity contribution in [3.8, 4) is 5.75 Å². The van der Waals surface area contributed by atoms with E-state index in [2.05, 4.69) is 0 Å². The molecule has 5 nitrogen and oxygen atoms in total. The summed E-state index contributed by atoms with van der Waals surface area (Å²) in [4.78, 5) is 24.3. The van der Waals surface area contributed by atoms with Gasteiger partial charge in [0, 0.05) is 25.6 Å². The molecule has 1 fully saturated rings. The third-order valence-electron chi connectivity index (χ3n) is 3.49. The molecule has 0 radical (unpaired) electrons. The molecule has 1 aliphatic heterocycles. The number of benzene rings is 1. The normalized spacial score (nSPS) is 17.8. The maximum absolute atomic E-state index is 12.9. The first-order valence-electron chi connectivity index (χ1n) is 6.95. The van der Waals surface area contributed by atoms with Gasteiger partial charge in [-0.1, -0.05) is 6.07 Å². The molecule has 1 N–H and O–H groups in total. The number of carboxylic acids is 1. The van der Waals surface area contributed by atoms with Gasteiger partial charge >= 0.3 is 5.97 Å². The summed E-state index contributed by atoms with van der Waals surface area (Å²) in [6.07, 6.45) is 1.34. The average molecular weight is 295 g/mol. The molecule has 1 amide bonds. The van der Waals surface area contributed by atoms with Gasteiger partial charge in [0.15, 0.2) is 0 Å². The Morgan fingerprint density at radius 3 is 2.90 bits per heavy atom. The van der Waals surface area contributed by atoms with Crippen molar-refractivity contribution < 1.29 is 23.8 Å². The van der Waals surface area contributed by atoms with E-state index in [0.717, 1.165) is 0 Å². The fourth-order valence-electron chi connectivity index (χ4n) is 2.32. The van der Waals surface area contributed by atoms with Crippen LogP contribution in [-0.4, -0.2) is 41.6 Å². The summed E-state index contributed by atoms with van der Waals surface area (Å²) in [5.74, 6) is -1.27. The second-order valence-electron chi connectivity index (χ2n) is 5.07. The van der Waals surface area contributed by atoms with Crippen molar-refractivity contribution in [1.82, 2.24) is 4.90 Å². The van der Waals surface area contributed by atoms with E-state index in [1.165, 1.54) is 12.1 Å². The summed E-state index contributed by atoms with van der Waals surface area (Å²) in [6.45, 7) is 1.12. The molecule has 0 aromatic heterocycles. The molecule has 21 heavy (non-hydrogen) atoms. The van der Waals surface area contributed by atoms with Gasteiger partial charge < -0.3 is 14.7 Å². The monoisotopic (exact) mass is 295 g/mol. The summed E-state index contributed by atoms with van der Waals surface area (Å²) < 4.78 is 18.3. The maximum Gasteiger partial charge on any atom is 0.308 e. The highest BCUT2D eigenvalue weighted by molar-refractivity contribution is 5.78. The van der Waals surface area contributed by atoms with Gasteiger partial charge in [-0.05, 0) is 25.0 Å². The number of ether oxygens (including phenoxy) is 1. The number of carboxylic acid groups (broad SMARTS) is 1. The number of likely N-dealkylation sites (tertiary alicyclic amines) is 1. The maximum atomic E-state index is 12.9. The molecule has 0 aliphatic carbocycles. The van der Waals surface area contributed by atoms with Crippen molar-refractivity contribution in [2.24, 2.45) is 5.92 Å². The number of aliphatic carboxylic acids is 1. The molecule has 1 heterocycles. The highest BCUT2D eigenvalue weighted by atomic mass is 19.1. The zero-order valence-corrected chi connectivity index (χ0v) is 11.6. The Balaban J connectivity index is 1.67. The first kappa shape index (κ1) is 15.3. The van der Waals surface area contributed by atoms with Crippen LogP contribution in [0.1, 0.15) is 19.3 Å². The number of amides is 1. The lowest BCUT2D eigenvalue weighted by Gasteiger charge is -2.15. The van der Waals surface area contributed by atoms with Gasteiger partial charge in [0.25, 0.3) is 0 Å². The van der Waals surface area contributed by atoms with E-state index < -0.39 is 11.9 Å². The number of nitrogens with zero attached hydrogens (tertiary/aromatic N) is 1. The Morgan fingerprint density at radius 2 is 2.24 bits per heavy atom. The Hall–Kier alpha value is -2.11. The molecule has 1 aromatic carbocycles. The van der Waals surface area contributed by atoms with Gasteiger partial charge in [-0.2, -0.15) is 0 Å². The summed E-state index contributed by atoms with van der Waals surface area (Å²) >= 11 is 0. The van der Waals surface area contributed by atoms with Crippen LogP contribution in [0.4, 0.5) is 4.39 Å². The van der Waals surface area contributed by atoms with Crippen LogP contribution in [0.15, 0.2) is 24.3 Å². The second-order valence-corrected chi connectivity index (χ2v) is 5.07. The molecule has 1 aliphatic rings. The smallest absolute Gasteiger partial charge is 0.308 e. The molecular weight excluding hydrogens is 277 g/mol. The third-order valence-corrected chi connectivity index (χ3v) is 3.49. The van der Waals surface area contributed by atoms with Gasteiger partial charge in [-0.3, -0.25) is 9.59 Å². The molecule has 1 aromatic rings. The number of halogens is 1. The number of carbonyl (C=O) groups excluding carboxylic acids is 1. The molecule has 1 saturated heterocycles. The first-order valence-corrected chi connectivity index (χ1v) is 6.95. The van der Waals surface area contributed by atoms with Gasteiger partial charge in [-0.15, -0.1) is 0 Å². The number of hydrogen-bond acceptors (Lipinski definition) is 3. The summed E-state index contributed by atoms with van der Waals surface area (Å²) in [5, 5.41) is 8.89. The van der Waals surface area contributed by atoms with Crippen molar-refractivity contribution >= 4 is 11.9 Å². The van der Waals surface area contributed by atoms with Crippen molar-refractivity contribution in [2.45, 2.75) is 19.3 Å². The summed E-state index contributed by atoms with van der Waals surface area (Å²) in [7, 11) is 0. The third kappa shape index (κ3) is 4.44. The largest absolute Gasteiger partial charge is 0.493 e. The molecule has 0 spiro atoms. The van der Waals surface area contributed by atoms with Crippen LogP contribution in [0.25, 0.3) is 0 Å². The quantitative estimate of drug-likeness (QED) is 0.814. The van der Waals surface area contributed by atoms with E-state index in [4.69, 9.17) is 9.84 Å². The van der Waals surface area contributed by atoms with Gasteiger partial charge in [0.05, 0.1) is 12.5 Å². The lowest BCUT2D eigenvalue weighted by molar-refractivity contribution is -0.141. The van der Waals surface area contributed by atoms with E-state index in [9.17, 15) is 14.0 Å². The Bertz CT molecular complexity index is 520. The molecule has 6 heteroatoms. The minimum atomic E-state index is -0.847. The Morgan fingerprint density at radius 1 is 1.43 bits per heavy atom. The van der Waals surface area contributed by atoms with Crippen molar-refractivity contribution in [2.75, 3.05) is 19.7 Å². The lowest BCUT2D eigenvalue weighted by Crippen LogP contribution is -2.30. The van der Waals surface area contributed by atoms with E-state index in [1.54, 1.807) is 17.0 Å². The van der Waals surface area contributed by atoms with Crippen LogP contribution < -0.4 is 4.74 Å². The highest BCUT2D eigenvalue weighted by Gasteiger charge is 2.30. The van der Waals surface area contributed by atoms with Crippen LogP contribution in [0, 0.1) is 11.7 Å². The van der Waals surface area contributed by atoms with E-state index >= 15 is 0 Å². The molecule has 0 bridgehead atoms. The molecule has 0 unspecified atom stereocenters. The fourth-order valence-corrected chi connectivity index (χ4v) is 2.32. The number of carbonyl (C=O) groups is 2. The lowest BCUT2D eigenvalue weighted by atomic mass is 10.1. The van der Waals surface area contributed by atoms with E-state index in [1.807, 2.05) is 0 Å². The number of rotatable bonds is 6. The molecule has 0 saturated carbocycles. The Kier molecular flexibility index (Phi) is 5.14. The topological polar surface area (TPSA) is 66.8 Å². The summed E-state index contributed by atoms with van der Waals surface area (Å²) in [6, 6.07) is 5.84. The van der Waals surface area contributed by atoms with E-state index in [0.29, 0.717) is 44.7 Å². The minimum absolute atomic E-state index is 0.0541. The average Bonchev–Trinajstić information content (AvgIpc) is 2.93. The molecule has 2 rings (SSSR count). The van der Waals surface area contributed by atoms with Gasteiger partial charge in [0.2, 0.25) is 5.91 Å². The highest BCUT2D eigenvalue weighted by Crippen LogP contribution is 2.18. The SMILES string of the molecule is O=C(O)[C@H]1CCN(C(=O)CCCOc2cccc(F)c2)C1. The van der Waals surface area contributed by atoms with Gasteiger partial charge in [0.1, 0.15) is 11.6 Å². The standard InChI is InChI=1S/C15H18FNO4/c16-12-3-1-4-13(9-12)21-8-2-5-14(18)17-7-6-11(10-17)15(19)20/h1,3-4,9,11H,2,5-8,10H2,(H,19,20)/t11-/m0/s1. The predicted octanol–water partition coefficient (Wildman–Crippen LogP) is 1.92. The number of hydrogen-bond donors (Lipinski definition) is 1. The second kappa shape index (κ2) is 7.06. The van der Waals surface area contributed by atoms with Crippen molar-refractivity contribution in [1.29, 1.82) is 0 Å². The molecule has 114 valence electrons. The molecule has 1 atom stereocenters. The zero-order chi connectivity index (χ0) is 15.2. The van der Waals surface area contributed by atoms with Crippen LogP contribution in [-0.2, 0) is 9.59 Å². The minimum Gasteiger partial charge on any atom is -0.493 e.